The molecule has 0 amide bonds. The lowest BCUT2D eigenvalue weighted by atomic mass is 9.85. The second-order valence-electron chi connectivity index (χ2n) is 14.4. The molecule has 10 aromatic carbocycles. The number of furan rings is 2. The molecular formula is C52H30O2. The van der Waals surface area contributed by atoms with Gasteiger partial charge in [0, 0.05) is 26.9 Å². The molecule has 0 fully saturated rings. The van der Waals surface area contributed by atoms with Crippen LogP contribution in [-0.4, -0.2) is 0 Å². The predicted molar refractivity (Wildman–Crippen MR) is 227 cm³/mol. The quantitative estimate of drug-likeness (QED) is 0.173. The number of hydrogen-bond donors (Lipinski definition) is 0. The lowest BCUT2D eigenvalue weighted by Crippen LogP contribution is -1.91. The third kappa shape index (κ3) is 4.22. The Bertz CT molecular complexity index is 3430. The number of rotatable bonds is 3. The molecule has 0 spiro atoms. The predicted octanol–water partition coefficient (Wildman–Crippen LogP) is 15.1. The van der Waals surface area contributed by atoms with Crippen LogP contribution in [0.5, 0.6) is 0 Å². The number of hydrogen-bond acceptors (Lipinski definition) is 2. The molecule has 2 heterocycles. The summed E-state index contributed by atoms with van der Waals surface area (Å²) in [7, 11) is 0. The highest BCUT2D eigenvalue weighted by atomic mass is 16.3. The fourth-order valence-corrected chi connectivity index (χ4v) is 9.01. The average molecular weight is 687 g/mol. The van der Waals surface area contributed by atoms with Gasteiger partial charge in [0.25, 0.3) is 0 Å². The first-order valence-electron chi connectivity index (χ1n) is 18.5. The van der Waals surface area contributed by atoms with Gasteiger partial charge in [-0.25, -0.2) is 0 Å². The van der Waals surface area contributed by atoms with Crippen molar-refractivity contribution >= 4 is 87.0 Å². The van der Waals surface area contributed by atoms with Crippen LogP contribution in [0.2, 0.25) is 0 Å². The Balaban J connectivity index is 1.07. The second kappa shape index (κ2) is 11.2. The molecule has 54 heavy (non-hydrogen) atoms. The van der Waals surface area contributed by atoms with E-state index in [4.69, 9.17) is 8.83 Å². The number of para-hydroxylation sites is 1. The smallest absolute Gasteiger partial charge is 0.136 e. The molecule has 0 saturated heterocycles. The standard InChI is InChI=1S/C52H30O2/c1-2-10-31(11-3-1)33-18-19-35-29-36(21-20-34(35)28-33)48-38-12-4-6-14-40(38)49(41-15-7-5-13-39(41)48)37-22-25-43-47(30-37)54-46-27-24-32-23-26-45-51(50(32)52(43)46)42-16-8-9-17-44(42)53-45/h1-30H. The minimum Gasteiger partial charge on any atom is -0.456 e. The molecule has 0 N–H and O–H groups in total. The van der Waals surface area contributed by atoms with Gasteiger partial charge in [0.2, 0.25) is 0 Å². The van der Waals surface area contributed by atoms with Crippen molar-refractivity contribution in [1.82, 2.24) is 0 Å². The van der Waals surface area contributed by atoms with Crippen LogP contribution in [0.15, 0.2) is 191 Å². The van der Waals surface area contributed by atoms with Crippen LogP contribution in [-0.2, 0) is 0 Å². The molecule has 12 rings (SSSR count). The first kappa shape index (κ1) is 29.4. The molecule has 12 aromatic rings. The highest BCUT2D eigenvalue weighted by Gasteiger charge is 2.20. The third-order valence-corrected chi connectivity index (χ3v) is 11.4. The van der Waals surface area contributed by atoms with Gasteiger partial charge in [-0.3, -0.25) is 0 Å². The van der Waals surface area contributed by atoms with E-state index in [1.54, 1.807) is 0 Å². The van der Waals surface area contributed by atoms with E-state index in [-0.39, 0.29) is 0 Å². The van der Waals surface area contributed by atoms with E-state index in [0.717, 1.165) is 49.4 Å². The number of benzene rings is 10. The van der Waals surface area contributed by atoms with Crippen molar-refractivity contribution < 1.29 is 8.83 Å². The Labute approximate surface area is 310 Å². The van der Waals surface area contributed by atoms with Crippen molar-refractivity contribution in [3.63, 3.8) is 0 Å². The van der Waals surface area contributed by atoms with E-state index in [9.17, 15) is 0 Å². The van der Waals surface area contributed by atoms with E-state index in [1.807, 2.05) is 12.1 Å². The topological polar surface area (TPSA) is 26.3 Å². The van der Waals surface area contributed by atoms with Gasteiger partial charge in [0.1, 0.15) is 22.3 Å². The molecule has 2 aromatic heterocycles. The lowest BCUT2D eigenvalue weighted by molar-refractivity contribution is 0.669. The van der Waals surface area contributed by atoms with Crippen LogP contribution in [0, 0.1) is 0 Å². The van der Waals surface area contributed by atoms with E-state index in [1.165, 1.54) is 70.9 Å². The minimum atomic E-state index is 0.876. The molecule has 0 aliphatic heterocycles. The van der Waals surface area contributed by atoms with Crippen molar-refractivity contribution in [2.45, 2.75) is 0 Å². The Morgan fingerprint density at radius 2 is 0.704 bits per heavy atom. The fraction of sp³-hybridized carbons (Fsp3) is 0. The first-order valence-corrected chi connectivity index (χ1v) is 18.5. The first-order chi connectivity index (χ1) is 26.8. The van der Waals surface area contributed by atoms with Gasteiger partial charge in [0.15, 0.2) is 0 Å². The monoisotopic (exact) mass is 686 g/mol. The summed E-state index contributed by atoms with van der Waals surface area (Å²) in [6.07, 6.45) is 0. The zero-order valence-electron chi connectivity index (χ0n) is 29.1. The maximum absolute atomic E-state index is 6.72. The Morgan fingerprint density at radius 3 is 1.35 bits per heavy atom. The third-order valence-electron chi connectivity index (χ3n) is 11.4. The van der Waals surface area contributed by atoms with Gasteiger partial charge in [0.05, 0.1) is 0 Å². The summed E-state index contributed by atoms with van der Waals surface area (Å²) in [5, 5.41) is 14.2. The normalized spacial score (nSPS) is 12.1. The molecule has 0 unspecified atom stereocenters. The maximum atomic E-state index is 6.72. The summed E-state index contributed by atoms with van der Waals surface area (Å²) in [4.78, 5) is 0. The molecule has 0 bridgehead atoms. The molecule has 0 aliphatic rings. The molecule has 2 heteroatoms. The largest absolute Gasteiger partial charge is 0.456 e. The average Bonchev–Trinajstić information content (AvgIpc) is 3.81. The molecule has 250 valence electrons. The molecular weight excluding hydrogens is 657 g/mol. The van der Waals surface area contributed by atoms with Crippen LogP contribution < -0.4 is 0 Å². The SMILES string of the molecule is c1ccc(-c2ccc3cc(-c4c5ccccc5c(-c5ccc6c(c5)oc5ccc7ccc8oc9ccccc9c8c7c56)c5ccccc45)ccc3c2)cc1. The van der Waals surface area contributed by atoms with Gasteiger partial charge < -0.3 is 8.83 Å². The maximum Gasteiger partial charge on any atom is 0.136 e. The van der Waals surface area contributed by atoms with Gasteiger partial charge in [-0.1, -0.05) is 140 Å². The van der Waals surface area contributed by atoms with Crippen LogP contribution in [0.1, 0.15) is 0 Å². The highest BCUT2D eigenvalue weighted by molar-refractivity contribution is 6.31. The summed E-state index contributed by atoms with van der Waals surface area (Å²) in [6.45, 7) is 0. The van der Waals surface area contributed by atoms with E-state index in [2.05, 4.69) is 170 Å². The number of fused-ring (bicyclic) bond motifs is 12. The van der Waals surface area contributed by atoms with Crippen molar-refractivity contribution in [2.24, 2.45) is 0 Å². The molecule has 2 nitrogen and oxygen atoms in total. The second-order valence-corrected chi connectivity index (χ2v) is 14.4. The van der Waals surface area contributed by atoms with E-state index in [0.29, 0.717) is 0 Å². The van der Waals surface area contributed by atoms with Crippen LogP contribution in [0.3, 0.4) is 0 Å². The Kier molecular flexibility index (Phi) is 6.09. The Morgan fingerprint density at radius 1 is 0.241 bits per heavy atom. The van der Waals surface area contributed by atoms with Gasteiger partial charge in [-0.2, -0.15) is 0 Å². The zero-order valence-corrected chi connectivity index (χ0v) is 29.1. The van der Waals surface area contributed by atoms with Gasteiger partial charge >= 0.3 is 0 Å². The minimum absolute atomic E-state index is 0.876. The van der Waals surface area contributed by atoms with Crippen molar-refractivity contribution in [2.75, 3.05) is 0 Å². The zero-order chi connectivity index (χ0) is 35.3. The molecule has 0 aliphatic carbocycles. The lowest BCUT2D eigenvalue weighted by Gasteiger charge is -2.18. The molecule has 0 saturated carbocycles. The summed E-state index contributed by atoms with van der Waals surface area (Å²) in [5.74, 6) is 0. The fourth-order valence-electron chi connectivity index (χ4n) is 9.01. The summed E-state index contributed by atoms with van der Waals surface area (Å²) in [5.41, 5.74) is 10.8. The summed E-state index contributed by atoms with van der Waals surface area (Å²) in [6, 6.07) is 65.6. The van der Waals surface area contributed by atoms with Crippen LogP contribution in [0.25, 0.3) is 120 Å². The highest BCUT2D eigenvalue weighted by Crippen LogP contribution is 2.47. The molecule has 0 atom stereocenters. The van der Waals surface area contributed by atoms with Gasteiger partial charge in [-0.15, -0.1) is 0 Å². The molecule has 0 radical (unpaired) electrons. The van der Waals surface area contributed by atoms with Crippen LogP contribution in [0.4, 0.5) is 0 Å². The van der Waals surface area contributed by atoms with Crippen molar-refractivity contribution in [3.8, 4) is 33.4 Å². The van der Waals surface area contributed by atoms with Crippen LogP contribution >= 0.6 is 0 Å². The Hall–Kier alpha value is -7.16. The van der Waals surface area contributed by atoms with Crippen molar-refractivity contribution in [1.29, 1.82) is 0 Å². The summed E-state index contributed by atoms with van der Waals surface area (Å²) < 4.78 is 13.0. The van der Waals surface area contributed by atoms with E-state index < -0.39 is 0 Å². The van der Waals surface area contributed by atoms with Crippen molar-refractivity contribution in [3.05, 3.63) is 182 Å². The van der Waals surface area contributed by atoms with E-state index >= 15 is 0 Å². The summed E-state index contributed by atoms with van der Waals surface area (Å²) >= 11 is 0. The van der Waals surface area contributed by atoms with Gasteiger partial charge in [-0.05, 0) is 114 Å².